The third kappa shape index (κ3) is 7.43. The standard InChI is InChI=1S/C24H34N4O2/c1-6-25-23(29)20-12-9-19(10-13-20)15-27-24(26-7-2)28-16-21-11-8-18(5)14-22(21)30-17(3)4/h8-14,17H,6-7,15-16H2,1-5H3,(H,25,29)(H2,26,27,28). The van der Waals surface area contributed by atoms with Crippen molar-refractivity contribution in [1.29, 1.82) is 0 Å². The van der Waals surface area contributed by atoms with Crippen LogP contribution in [0.3, 0.4) is 0 Å². The molecule has 2 rings (SSSR count). The van der Waals surface area contributed by atoms with E-state index >= 15 is 0 Å². The van der Waals surface area contributed by atoms with Crippen LogP contribution in [-0.4, -0.2) is 31.1 Å². The molecule has 3 N–H and O–H groups in total. The maximum atomic E-state index is 11.9. The molecule has 0 aromatic heterocycles. The molecule has 0 heterocycles. The van der Waals surface area contributed by atoms with E-state index in [2.05, 4.69) is 46.1 Å². The van der Waals surface area contributed by atoms with E-state index in [1.54, 1.807) is 0 Å². The van der Waals surface area contributed by atoms with Crippen LogP contribution in [0, 0.1) is 6.92 Å². The highest BCUT2D eigenvalue weighted by Crippen LogP contribution is 2.21. The molecule has 0 spiro atoms. The molecule has 0 unspecified atom stereocenters. The number of ether oxygens (including phenoxy) is 1. The van der Waals surface area contributed by atoms with Crippen molar-refractivity contribution in [3.05, 3.63) is 64.7 Å². The number of carbonyl (C=O) groups excluding carboxylic acids is 1. The van der Waals surface area contributed by atoms with Gasteiger partial charge < -0.3 is 20.7 Å². The number of hydrogen-bond acceptors (Lipinski definition) is 3. The Kier molecular flexibility index (Phi) is 9.19. The van der Waals surface area contributed by atoms with E-state index in [0.717, 1.165) is 29.4 Å². The number of nitrogens with zero attached hydrogens (tertiary/aromatic N) is 1. The van der Waals surface area contributed by atoms with Crippen LogP contribution in [0.15, 0.2) is 47.5 Å². The fourth-order valence-electron chi connectivity index (χ4n) is 2.89. The second-order valence-corrected chi connectivity index (χ2v) is 7.38. The summed E-state index contributed by atoms with van der Waals surface area (Å²) in [5.74, 6) is 1.58. The molecule has 0 radical (unpaired) electrons. The van der Waals surface area contributed by atoms with Gasteiger partial charge in [0.15, 0.2) is 5.96 Å². The average Bonchev–Trinajstić information content (AvgIpc) is 2.71. The average molecular weight is 411 g/mol. The molecule has 0 aliphatic rings. The quantitative estimate of drug-likeness (QED) is 0.434. The van der Waals surface area contributed by atoms with E-state index in [4.69, 9.17) is 4.74 Å². The summed E-state index contributed by atoms with van der Waals surface area (Å²) in [7, 11) is 0. The summed E-state index contributed by atoms with van der Waals surface area (Å²) in [4.78, 5) is 16.5. The highest BCUT2D eigenvalue weighted by molar-refractivity contribution is 5.94. The van der Waals surface area contributed by atoms with Crippen molar-refractivity contribution in [3.8, 4) is 5.75 Å². The van der Waals surface area contributed by atoms with Crippen LogP contribution in [0.4, 0.5) is 0 Å². The van der Waals surface area contributed by atoms with E-state index in [9.17, 15) is 4.79 Å². The van der Waals surface area contributed by atoms with E-state index in [0.29, 0.717) is 25.2 Å². The Morgan fingerprint density at radius 2 is 1.70 bits per heavy atom. The number of rotatable bonds is 9. The molecule has 0 bridgehead atoms. The number of guanidine groups is 1. The first-order valence-corrected chi connectivity index (χ1v) is 10.6. The van der Waals surface area contributed by atoms with Crippen molar-refractivity contribution >= 4 is 11.9 Å². The number of aryl methyl sites for hydroxylation is 1. The topological polar surface area (TPSA) is 74.8 Å². The molecule has 162 valence electrons. The second-order valence-electron chi connectivity index (χ2n) is 7.38. The smallest absolute Gasteiger partial charge is 0.251 e. The summed E-state index contributed by atoms with van der Waals surface area (Å²) in [6.07, 6.45) is 0.120. The molecule has 0 saturated heterocycles. The summed E-state index contributed by atoms with van der Waals surface area (Å²) >= 11 is 0. The van der Waals surface area contributed by atoms with Crippen LogP contribution >= 0.6 is 0 Å². The van der Waals surface area contributed by atoms with Gasteiger partial charge in [0.25, 0.3) is 5.91 Å². The van der Waals surface area contributed by atoms with Crippen molar-refractivity contribution in [2.45, 2.75) is 53.8 Å². The zero-order chi connectivity index (χ0) is 21.9. The molecule has 1 amide bonds. The molecule has 6 heteroatoms. The number of nitrogens with one attached hydrogen (secondary N) is 3. The minimum Gasteiger partial charge on any atom is -0.491 e. The number of amides is 1. The summed E-state index contributed by atoms with van der Waals surface area (Å²) in [6, 6.07) is 13.8. The Balaban J connectivity index is 2.04. The van der Waals surface area contributed by atoms with Crippen LogP contribution in [0.25, 0.3) is 0 Å². The number of hydrogen-bond donors (Lipinski definition) is 3. The van der Waals surface area contributed by atoms with E-state index in [1.807, 2.05) is 52.0 Å². The normalized spacial score (nSPS) is 11.3. The van der Waals surface area contributed by atoms with Crippen molar-refractivity contribution in [1.82, 2.24) is 16.0 Å². The van der Waals surface area contributed by atoms with Gasteiger partial charge in [-0.3, -0.25) is 4.79 Å². The fraction of sp³-hybridized carbons (Fsp3) is 0.417. The van der Waals surface area contributed by atoms with Crippen LogP contribution in [0.1, 0.15) is 54.7 Å². The van der Waals surface area contributed by atoms with Crippen molar-refractivity contribution < 1.29 is 9.53 Å². The highest BCUT2D eigenvalue weighted by atomic mass is 16.5. The molecule has 0 aliphatic carbocycles. The molecule has 2 aromatic rings. The SMILES string of the molecule is CCNC(=O)c1ccc(CN=C(NCC)NCc2ccc(C)cc2OC(C)C)cc1. The maximum Gasteiger partial charge on any atom is 0.251 e. The molecule has 0 fully saturated rings. The van der Waals surface area contributed by atoms with Gasteiger partial charge in [-0.05, 0) is 63.9 Å². The minimum atomic E-state index is -0.0555. The zero-order valence-corrected chi connectivity index (χ0v) is 18.7. The Labute approximate surface area is 180 Å². The van der Waals surface area contributed by atoms with Gasteiger partial charge in [0.1, 0.15) is 5.75 Å². The lowest BCUT2D eigenvalue weighted by atomic mass is 10.1. The zero-order valence-electron chi connectivity index (χ0n) is 18.7. The lowest BCUT2D eigenvalue weighted by molar-refractivity contribution is 0.0956. The molecular formula is C24H34N4O2. The molecule has 0 saturated carbocycles. The summed E-state index contributed by atoms with van der Waals surface area (Å²) in [5, 5.41) is 9.46. The number of aliphatic imine (C=N–C) groups is 1. The highest BCUT2D eigenvalue weighted by Gasteiger charge is 2.08. The molecular weight excluding hydrogens is 376 g/mol. The lowest BCUT2D eigenvalue weighted by Gasteiger charge is -2.17. The number of benzene rings is 2. The number of carbonyl (C=O) groups is 1. The Hall–Kier alpha value is -3.02. The predicted molar refractivity (Wildman–Crippen MR) is 123 cm³/mol. The summed E-state index contributed by atoms with van der Waals surface area (Å²) < 4.78 is 5.96. The van der Waals surface area contributed by atoms with Crippen molar-refractivity contribution in [3.63, 3.8) is 0 Å². The first-order valence-electron chi connectivity index (χ1n) is 10.6. The molecule has 0 atom stereocenters. The third-order valence-electron chi connectivity index (χ3n) is 4.35. The lowest BCUT2D eigenvalue weighted by Crippen LogP contribution is -2.36. The second kappa shape index (κ2) is 11.9. The largest absolute Gasteiger partial charge is 0.491 e. The maximum absolute atomic E-state index is 11.9. The van der Waals surface area contributed by atoms with E-state index in [-0.39, 0.29) is 12.0 Å². The van der Waals surface area contributed by atoms with Crippen LogP contribution < -0.4 is 20.7 Å². The first kappa shape index (κ1) is 23.3. The summed E-state index contributed by atoms with van der Waals surface area (Å²) in [5.41, 5.74) is 3.96. The van der Waals surface area contributed by atoms with Gasteiger partial charge in [0.05, 0.1) is 12.6 Å². The Morgan fingerprint density at radius 1 is 1.00 bits per heavy atom. The monoisotopic (exact) mass is 410 g/mol. The van der Waals surface area contributed by atoms with Gasteiger partial charge >= 0.3 is 0 Å². The van der Waals surface area contributed by atoms with Gasteiger partial charge in [-0.15, -0.1) is 0 Å². The van der Waals surface area contributed by atoms with Gasteiger partial charge in [-0.2, -0.15) is 0 Å². The Bertz CT molecular complexity index is 845. The van der Waals surface area contributed by atoms with E-state index < -0.39 is 0 Å². The molecule has 30 heavy (non-hydrogen) atoms. The van der Waals surface area contributed by atoms with Crippen LogP contribution in [0.2, 0.25) is 0 Å². The Morgan fingerprint density at radius 3 is 2.33 bits per heavy atom. The molecule has 6 nitrogen and oxygen atoms in total. The minimum absolute atomic E-state index is 0.0555. The third-order valence-corrected chi connectivity index (χ3v) is 4.35. The molecule has 2 aromatic carbocycles. The van der Waals surface area contributed by atoms with Gasteiger partial charge in [0, 0.05) is 30.8 Å². The summed E-state index contributed by atoms with van der Waals surface area (Å²) in [6.45, 7) is 12.6. The molecule has 0 aliphatic heterocycles. The fourth-order valence-corrected chi connectivity index (χ4v) is 2.89. The van der Waals surface area contributed by atoms with Crippen molar-refractivity contribution in [2.75, 3.05) is 13.1 Å². The van der Waals surface area contributed by atoms with Gasteiger partial charge in [-0.25, -0.2) is 4.99 Å². The van der Waals surface area contributed by atoms with Crippen LogP contribution in [0.5, 0.6) is 5.75 Å². The predicted octanol–water partition coefficient (Wildman–Crippen LogP) is 3.79. The first-order chi connectivity index (χ1) is 14.4. The van der Waals surface area contributed by atoms with Crippen molar-refractivity contribution in [2.24, 2.45) is 4.99 Å². The van der Waals surface area contributed by atoms with Crippen LogP contribution in [-0.2, 0) is 13.1 Å². The van der Waals surface area contributed by atoms with E-state index in [1.165, 1.54) is 5.56 Å². The van der Waals surface area contributed by atoms with Gasteiger partial charge in [-0.1, -0.05) is 24.3 Å². The van der Waals surface area contributed by atoms with Gasteiger partial charge in [0.2, 0.25) is 0 Å².